The minimum absolute atomic E-state index is 0.243. The molecule has 0 radical (unpaired) electrons. The second-order valence-corrected chi connectivity index (χ2v) is 8.10. The Morgan fingerprint density at radius 1 is 1.24 bits per heavy atom. The molecule has 1 unspecified atom stereocenters. The topological polar surface area (TPSA) is 17.1 Å². The van der Waals surface area contributed by atoms with Gasteiger partial charge in [-0.2, -0.15) is 0 Å². The Labute approximate surface area is 136 Å². The van der Waals surface area contributed by atoms with Crippen LogP contribution in [0.2, 0.25) is 0 Å². The fourth-order valence-electron chi connectivity index (χ4n) is 2.62. The van der Waals surface area contributed by atoms with E-state index in [9.17, 15) is 4.79 Å². The van der Waals surface area contributed by atoms with Gasteiger partial charge in [0.1, 0.15) is 0 Å². The summed E-state index contributed by atoms with van der Waals surface area (Å²) >= 11 is 3.36. The molecule has 1 fully saturated rings. The molecular formula is C18H22OS2. The van der Waals surface area contributed by atoms with Gasteiger partial charge >= 0.3 is 0 Å². The molecule has 0 spiro atoms. The van der Waals surface area contributed by atoms with Crippen LogP contribution in [-0.4, -0.2) is 9.70 Å². The molecule has 2 rings (SSSR count). The molecule has 0 heterocycles. The molecule has 1 aliphatic rings. The molecule has 0 aromatic heterocycles. The molecule has 1 nitrogen and oxygen atoms in total. The van der Waals surface area contributed by atoms with Crippen LogP contribution in [0, 0.1) is 18.3 Å². The number of benzene rings is 1. The Morgan fingerprint density at radius 2 is 1.95 bits per heavy atom. The molecule has 1 aromatic carbocycles. The minimum Gasteiger partial charge on any atom is -0.287 e. The maximum Gasteiger partial charge on any atom is 0.190 e. The van der Waals surface area contributed by atoms with Crippen LogP contribution in [0.4, 0.5) is 0 Å². The lowest BCUT2D eigenvalue weighted by Gasteiger charge is -2.29. The largest absolute Gasteiger partial charge is 0.287 e. The summed E-state index contributed by atoms with van der Waals surface area (Å²) in [4.78, 5) is 13.4. The smallest absolute Gasteiger partial charge is 0.190 e. The Bertz CT molecular complexity index is 472. The van der Waals surface area contributed by atoms with Crippen molar-refractivity contribution in [3.05, 3.63) is 30.3 Å². The predicted octanol–water partition coefficient (Wildman–Crippen LogP) is 5.36. The van der Waals surface area contributed by atoms with Crippen molar-refractivity contribution in [1.82, 2.24) is 0 Å². The van der Waals surface area contributed by atoms with Gasteiger partial charge in [0.2, 0.25) is 0 Å². The Kier molecular flexibility index (Phi) is 7.26. The summed E-state index contributed by atoms with van der Waals surface area (Å²) < 4.78 is 0.331. The van der Waals surface area contributed by atoms with Crippen molar-refractivity contribution in [1.29, 1.82) is 0 Å². The van der Waals surface area contributed by atoms with Gasteiger partial charge < -0.3 is 0 Å². The molecule has 21 heavy (non-hydrogen) atoms. The third-order valence-corrected chi connectivity index (χ3v) is 6.57. The normalized spacial score (nSPS) is 17.1. The van der Waals surface area contributed by atoms with E-state index in [1.54, 1.807) is 0 Å². The highest BCUT2D eigenvalue weighted by Crippen LogP contribution is 2.42. The lowest BCUT2D eigenvalue weighted by atomic mass is 9.91. The third kappa shape index (κ3) is 5.80. The summed E-state index contributed by atoms with van der Waals surface area (Å²) in [6, 6.07) is 10.4. The molecule has 3 heteroatoms. The van der Waals surface area contributed by atoms with Crippen molar-refractivity contribution in [3.63, 3.8) is 0 Å². The Hall–Kier alpha value is -0.850. The van der Waals surface area contributed by atoms with Crippen LogP contribution in [0.1, 0.15) is 44.9 Å². The highest BCUT2D eigenvalue weighted by atomic mass is 32.2. The zero-order valence-corrected chi connectivity index (χ0v) is 13.9. The van der Waals surface area contributed by atoms with Crippen LogP contribution in [0.3, 0.4) is 0 Å². The van der Waals surface area contributed by atoms with Crippen LogP contribution in [-0.2, 0) is 4.79 Å². The van der Waals surface area contributed by atoms with Gasteiger partial charge in [-0.25, -0.2) is 0 Å². The van der Waals surface area contributed by atoms with E-state index in [0.29, 0.717) is 23.3 Å². The minimum atomic E-state index is 0.243. The van der Waals surface area contributed by atoms with Gasteiger partial charge in [0, 0.05) is 17.7 Å². The van der Waals surface area contributed by atoms with E-state index in [1.807, 2.05) is 17.8 Å². The number of hydrogen-bond donors (Lipinski definition) is 0. The van der Waals surface area contributed by atoms with Crippen LogP contribution >= 0.6 is 23.5 Å². The lowest BCUT2D eigenvalue weighted by Crippen LogP contribution is -2.19. The van der Waals surface area contributed by atoms with E-state index in [0.717, 1.165) is 0 Å². The van der Waals surface area contributed by atoms with E-state index in [1.165, 1.54) is 48.8 Å². The summed E-state index contributed by atoms with van der Waals surface area (Å²) in [5, 5.41) is 0.243. The lowest BCUT2D eigenvalue weighted by molar-refractivity contribution is -0.110. The first-order valence-electron chi connectivity index (χ1n) is 7.64. The average Bonchev–Trinajstić information content (AvgIpc) is 2.54. The van der Waals surface area contributed by atoms with E-state index >= 15 is 0 Å². The Morgan fingerprint density at radius 3 is 2.62 bits per heavy atom. The molecule has 1 atom stereocenters. The molecule has 1 saturated carbocycles. The standard InChI is InChI=1S/C18H22OS2/c1-2-3-14-17(19)21-18(15-10-6-4-7-11-15)20-16-12-8-5-9-13-16/h1,5,8-9,12-13,15,18H,3-4,6-7,10-11,14H2. The first-order chi connectivity index (χ1) is 10.3. The zero-order chi connectivity index (χ0) is 14.9. The van der Waals surface area contributed by atoms with Gasteiger partial charge in [0.15, 0.2) is 5.12 Å². The summed E-state index contributed by atoms with van der Waals surface area (Å²) in [5.41, 5.74) is 0. The van der Waals surface area contributed by atoms with Crippen molar-refractivity contribution < 1.29 is 4.79 Å². The van der Waals surface area contributed by atoms with Crippen LogP contribution in [0.25, 0.3) is 0 Å². The number of hydrogen-bond acceptors (Lipinski definition) is 3. The first kappa shape index (κ1) is 16.5. The van der Waals surface area contributed by atoms with Gasteiger partial charge in [-0.05, 0) is 30.9 Å². The zero-order valence-electron chi connectivity index (χ0n) is 12.3. The van der Waals surface area contributed by atoms with Crippen molar-refractivity contribution in [2.45, 2.75) is 54.4 Å². The van der Waals surface area contributed by atoms with Crippen LogP contribution < -0.4 is 0 Å². The maximum absolute atomic E-state index is 12.1. The third-order valence-electron chi connectivity index (χ3n) is 3.75. The van der Waals surface area contributed by atoms with Gasteiger partial charge in [-0.1, -0.05) is 49.2 Å². The molecule has 0 saturated heterocycles. The molecule has 0 aliphatic heterocycles. The quantitative estimate of drug-likeness (QED) is 0.399. The second kappa shape index (κ2) is 9.23. The summed E-state index contributed by atoms with van der Waals surface area (Å²) in [5.74, 6) is 3.20. The molecule has 112 valence electrons. The summed E-state index contributed by atoms with van der Waals surface area (Å²) in [7, 11) is 0. The number of carbonyl (C=O) groups is 1. The number of carbonyl (C=O) groups excluding carboxylic acids is 1. The molecule has 1 aromatic rings. The van der Waals surface area contributed by atoms with E-state index in [2.05, 4.69) is 30.2 Å². The van der Waals surface area contributed by atoms with Crippen molar-refractivity contribution in [2.75, 3.05) is 0 Å². The number of thioether (sulfide) groups is 2. The van der Waals surface area contributed by atoms with Gasteiger partial charge in [0.05, 0.1) is 4.58 Å². The van der Waals surface area contributed by atoms with Crippen molar-refractivity contribution in [3.8, 4) is 12.3 Å². The first-order valence-corrected chi connectivity index (χ1v) is 9.40. The van der Waals surface area contributed by atoms with E-state index in [-0.39, 0.29) is 5.12 Å². The highest BCUT2D eigenvalue weighted by Gasteiger charge is 2.27. The van der Waals surface area contributed by atoms with E-state index in [4.69, 9.17) is 6.42 Å². The van der Waals surface area contributed by atoms with Crippen LogP contribution in [0.15, 0.2) is 35.2 Å². The van der Waals surface area contributed by atoms with Gasteiger partial charge in [0.25, 0.3) is 0 Å². The number of terminal acetylenes is 1. The second-order valence-electron chi connectivity index (χ2n) is 5.39. The van der Waals surface area contributed by atoms with E-state index < -0.39 is 0 Å². The predicted molar refractivity (Wildman–Crippen MR) is 93.3 cm³/mol. The SMILES string of the molecule is C#CCCC(=O)SC(Sc1ccccc1)C1CCCCC1. The number of rotatable bonds is 6. The van der Waals surface area contributed by atoms with Crippen molar-refractivity contribution in [2.24, 2.45) is 5.92 Å². The fraction of sp³-hybridized carbons (Fsp3) is 0.500. The van der Waals surface area contributed by atoms with Crippen LogP contribution in [0.5, 0.6) is 0 Å². The molecule has 1 aliphatic carbocycles. The molecule has 0 amide bonds. The molecule has 0 N–H and O–H groups in total. The van der Waals surface area contributed by atoms with Crippen molar-refractivity contribution >= 4 is 28.6 Å². The van der Waals surface area contributed by atoms with Gasteiger partial charge in [-0.3, -0.25) is 4.79 Å². The monoisotopic (exact) mass is 318 g/mol. The average molecular weight is 319 g/mol. The summed E-state index contributed by atoms with van der Waals surface area (Å²) in [6.45, 7) is 0. The highest BCUT2D eigenvalue weighted by molar-refractivity contribution is 8.24. The molecule has 0 bridgehead atoms. The Balaban J connectivity index is 1.99. The maximum atomic E-state index is 12.1. The van der Waals surface area contributed by atoms with Gasteiger partial charge in [-0.15, -0.1) is 24.1 Å². The summed E-state index contributed by atoms with van der Waals surface area (Å²) in [6.07, 6.45) is 12.8. The fourth-order valence-corrected chi connectivity index (χ4v) is 5.46. The molecular weight excluding hydrogens is 296 g/mol.